The Morgan fingerprint density at radius 1 is 1.46 bits per heavy atom. The summed E-state index contributed by atoms with van der Waals surface area (Å²) in [5.41, 5.74) is 3.67. The Bertz CT molecular complexity index is 943. The van der Waals surface area contributed by atoms with Crippen molar-refractivity contribution >= 4 is 27.8 Å². The van der Waals surface area contributed by atoms with E-state index in [9.17, 15) is 17.6 Å². The number of aliphatic imine (C=N–C) groups is 1. The third-order valence-electron chi connectivity index (χ3n) is 4.54. The molecule has 28 heavy (non-hydrogen) atoms. The van der Waals surface area contributed by atoms with Crippen molar-refractivity contribution in [3.05, 3.63) is 29.6 Å². The number of halogens is 1. The van der Waals surface area contributed by atoms with Crippen LogP contribution in [0.1, 0.15) is 26.3 Å². The van der Waals surface area contributed by atoms with E-state index in [1.165, 1.54) is 19.2 Å². The van der Waals surface area contributed by atoms with Gasteiger partial charge in [0.1, 0.15) is 22.2 Å². The van der Waals surface area contributed by atoms with Crippen LogP contribution in [0.3, 0.4) is 0 Å². The van der Waals surface area contributed by atoms with Crippen LogP contribution in [-0.2, 0) is 25.0 Å². The predicted octanol–water partition coefficient (Wildman–Crippen LogP) is 1.16. The molecule has 0 aliphatic carbocycles. The number of nitrogens with two attached hydrogens (primary N) is 1. The summed E-state index contributed by atoms with van der Waals surface area (Å²) in [5, 5.41) is 1.19. The summed E-state index contributed by atoms with van der Waals surface area (Å²) in [6, 6.07) is 3.86. The van der Waals surface area contributed by atoms with Gasteiger partial charge in [-0.25, -0.2) is 26.9 Å². The third-order valence-corrected chi connectivity index (χ3v) is 6.72. The summed E-state index contributed by atoms with van der Waals surface area (Å²) >= 11 is 0. The standard InChI is InChI=1S/C17H23FN4O5S/c1-16(2,3)27-15(23)20-14-21-17(11-7-10(19)5-6-12(11)18)9-26-8-13(17)28(24,25)22(14)4/h5-7,13H,8-9,19H2,1-4H3,(H,20,21,23)/t13-,17-/m1/s1. The molecule has 0 unspecified atom stereocenters. The van der Waals surface area contributed by atoms with E-state index in [1.54, 1.807) is 20.8 Å². The molecule has 0 radical (unpaired) electrons. The number of ether oxygens (including phenoxy) is 2. The number of hydrogen-bond acceptors (Lipinski definition) is 7. The number of nitrogens with one attached hydrogen (secondary N) is 1. The third kappa shape index (κ3) is 3.39. The summed E-state index contributed by atoms with van der Waals surface area (Å²) in [6.07, 6.45) is -0.881. The van der Waals surface area contributed by atoms with Gasteiger partial charge in [-0.1, -0.05) is 0 Å². The molecule has 9 nitrogen and oxygen atoms in total. The summed E-state index contributed by atoms with van der Waals surface area (Å²) in [4.78, 5) is 16.6. The van der Waals surface area contributed by atoms with Gasteiger partial charge in [-0.3, -0.25) is 5.32 Å². The molecule has 1 fully saturated rings. The minimum atomic E-state index is -4.01. The second-order valence-electron chi connectivity index (χ2n) is 7.74. The van der Waals surface area contributed by atoms with Crippen molar-refractivity contribution < 1.29 is 27.1 Å². The van der Waals surface area contributed by atoms with Crippen LogP contribution in [-0.4, -0.2) is 55.9 Å². The number of hydrogen-bond donors (Lipinski definition) is 2. The maximum atomic E-state index is 14.6. The van der Waals surface area contributed by atoms with Crippen molar-refractivity contribution in [2.24, 2.45) is 4.99 Å². The summed E-state index contributed by atoms with van der Waals surface area (Å²) in [7, 11) is -2.76. The molecule has 1 aromatic rings. The number of amides is 1. The van der Waals surface area contributed by atoms with Gasteiger partial charge in [0, 0.05) is 18.3 Å². The Morgan fingerprint density at radius 2 is 2.14 bits per heavy atom. The van der Waals surface area contributed by atoms with Crippen molar-refractivity contribution in [2.45, 2.75) is 37.2 Å². The monoisotopic (exact) mass is 414 g/mol. The molecule has 0 bridgehead atoms. The number of nitrogens with zero attached hydrogens (tertiary/aromatic N) is 2. The first-order valence-corrected chi connectivity index (χ1v) is 10.1. The number of fused-ring (bicyclic) bond motifs is 1. The first-order chi connectivity index (χ1) is 12.9. The van der Waals surface area contributed by atoms with Gasteiger partial charge < -0.3 is 15.2 Å². The van der Waals surface area contributed by atoms with E-state index in [1.807, 2.05) is 0 Å². The van der Waals surface area contributed by atoms with E-state index in [0.29, 0.717) is 0 Å². The van der Waals surface area contributed by atoms with Crippen molar-refractivity contribution in [1.82, 2.24) is 9.62 Å². The van der Waals surface area contributed by atoms with Gasteiger partial charge in [0.2, 0.25) is 16.0 Å². The van der Waals surface area contributed by atoms with Crippen LogP contribution in [0.5, 0.6) is 0 Å². The number of nitrogen functional groups attached to an aromatic ring is 1. The predicted molar refractivity (Wildman–Crippen MR) is 101 cm³/mol. The zero-order chi connectivity index (χ0) is 20.9. The second kappa shape index (κ2) is 6.59. The highest BCUT2D eigenvalue weighted by molar-refractivity contribution is 7.90. The average molecular weight is 414 g/mol. The van der Waals surface area contributed by atoms with Crippen molar-refractivity contribution in [3.8, 4) is 0 Å². The van der Waals surface area contributed by atoms with Gasteiger partial charge in [-0.05, 0) is 39.0 Å². The van der Waals surface area contributed by atoms with E-state index < -0.39 is 38.3 Å². The van der Waals surface area contributed by atoms with E-state index in [0.717, 1.165) is 10.4 Å². The summed E-state index contributed by atoms with van der Waals surface area (Å²) in [6.45, 7) is 4.66. The Labute approximate surface area is 162 Å². The number of alkyl carbamates (subject to hydrolysis) is 1. The maximum Gasteiger partial charge on any atom is 0.414 e. The van der Waals surface area contributed by atoms with E-state index >= 15 is 0 Å². The van der Waals surface area contributed by atoms with Crippen LogP contribution >= 0.6 is 0 Å². The lowest BCUT2D eigenvalue weighted by molar-refractivity contribution is 0.0558. The van der Waals surface area contributed by atoms with E-state index in [2.05, 4.69) is 10.3 Å². The lowest BCUT2D eigenvalue weighted by Gasteiger charge is -2.39. The lowest BCUT2D eigenvalue weighted by Crippen LogP contribution is -2.59. The molecule has 2 atom stereocenters. The Balaban J connectivity index is 2.13. The number of guanidine groups is 1. The Kier molecular flexibility index (Phi) is 4.79. The highest BCUT2D eigenvalue weighted by Gasteiger charge is 2.58. The molecule has 0 aromatic heterocycles. The number of rotatable bonds is 1. The second-order valence-corrected chi connectivity index (χ2v) is 9.89. The molecule has 2 heterocycles. The number of carbonyl (C=O) groups is 1. The normalized spacial score (nSPS) is 26.4. The molecular formula is C17H23FN4O5S. The number of carbonyl (C=O) groups excluding carboxylic acids is 1. The molecule has 11 heteroatoms. The molecular weight excluding hydrogens is 391 g/mol. The Hall–Kier alpha value is -2.40. The molecule has 0 spiro atoms. The van der Waals surface area contributed by atoms with Gasteiger partial charge in [0.25, 0.3) is 0 Å². The fraction of sp³-hybridized carbons (Fsp3) is 0.529. The van der Waals surface area contributed by atoms with Gasteiger partial charge in [-0.2, -0.15) is 0 Å². The first kappa shape index (κ1) is 20.3. The minimum absolute atomic E-state index is 0.00448. The van der Waals surface area contributed by atoms with Crippen LogP contribution in [0, 0.1) is 5.82 Å². The lowest BCUT2D eigenvalue weighted by atomic mass is 9.88. The number of benzene rings is 1. The molecule has 2 aliphatic heterocycles. The fourth-order valence-corrected chi connectivity index (χ4v) is 4.97. The van der Waals surface area contributed by atoms with Crippen LogP contribution < -0.4 is 11.1 Å². The fourth-order valence-electron chi connectivity index (χ4n) is 3.25. The van der Waals surface area contributed by atoms with E-state index in [-0.39, 0.29) is 30.4 Å². The van der Waals surface area contributed by atoms with Crippen LogP contribution in [0.25, 0.3) is 0 Å². The van der Waals surface area contributed by atoms with Crippen molar-refractivity contribution in [2.75, 3.05) is 26.0 Å². The Morgan fingerprint density at radius 3 is 2.79 bits per heavy atom. The van der Waals surface area contributed by atoms with Crippen molar-refractivity contribution in [1.29, 1.82) is 0 Å². The minimum Gasteiger partial charge on any atom is -0.444 e. The average Bonchev–Trinajstić information content (AvgIpc) is 2.99. The SMILES string of the molecule is CN1C(NC(=O)OC(C)(C)C)=N[C@@]2(c3cc(N)ccc3F)COC[C@H]2S1(=O)=O. The van der Waals surface area contributed by atoms with Gasteiger partial charge >= 0.3 is 6.09 Å². The largest absolute Gasteiger partial charge is 0.444 e. The van der Waals surface area contributed by atoms with Gasteiger partial charge in [0.05, 0.1) is 13.2 Å². The smallest absolute Gasteiger partial charge is 0.414 e. The molecule has 3 rings (SSSR count). The molecule has 0 saturated carbocycles. The summed E-state index contributed by atoms with van der Waals surface area (Å²) in [5.74, 6) is -0.942. The number of anilines is 1. The topological polar surface area (TPSA) is 123 Å². The molecule has 2 aliphatic rings. The highest BCUT2D eigenvalue weighted by Crippen LogP contribution is 2.44. The first-order valence-electron chi connectivity index (χ1n) is 8.58. The zero-order valence-electron chi connectivity index (χ0n) is 16.0. The van der Waals surface area contributed by atoms with Gasteiger partial charge in [-0.15, -0.1) is 0 Å². The zero-order valence-corrected chi connectivity index (χ0v) is 16.8. The van der Waals surface area contributed by atoms with E-state index in [4.69, 9.17) is 15.2 Å². The van der Waals surface area contributed by atoms with Gasteiger partial charge in [0.15, 0.2) is 0 Å². The summed E-state index contributed by atoms with van der Waals surface area (Å²) < 4.78 is 52.2. The molecule has 1 saturated heterocycles. The quantitative estimate of drug-likeness (QED) is 0.665. The van der Waals surface area contributed by atoms with Crippen LogP contribution in [0.4, 0.5) is 14.9 Å². The van der Waals surface area contributed by atoms with Crippen LogP contribution in [0.2, 0.25) is 0 Å². The van der Waals surface area contributed by atoms with Crippen LogP contribution in [0.15, 0.2) is 23.2 Å². The maximum absolute atomic E-state index is 14.6. The molecule has 3 N–H and O–H groups in total. The van der Waals surface area contributed by atoms with Crippen molar-refractivity contribution in [3.63, 3.8) is 0 Å². The molecule has 1 aromatic carbocycles. The highest BCUT2D eigenvalue weighted by atomic mass is 32.2. The molecule has 154 valence electrons. The molecule has 1 amide bonds. The number of sulfonamides is 1.